The van der Waals surface area contributed by atoms with E-state index >= 15 is 0 Å². The summed E-state index contributed by atoms with van der Waals surface area (Å²) < 4.78 is 0. The summed E-state index contributed by atoms with van der Waals surface area (Å²) in [6.07, 6.45) is 1.08. The molecule has 0 aromatic carbocycles. The van der Waals surface area contributed by atoms with Crippen molar-refractivity contribution in [1.82, 2.24) is 15.0 Å². The number of hydrogen-bond acceptors (Lipinski definition) is 2. The standard InChI is InChI=1S/C8H15N3/c1-5-6(2)11-9-7(3)8(4)10-11/h6H,5H2,1-4H3. The van der Waals surface area contributed by atoms with E-state index in [1.54, 1.807) is 4.80 Å². The van der Waals surface area contributed by atoms with Crippen LogP contribution >= 0.6 is 0 Å². The molecule has 1 rings (SSSR count). The molecule has 1 aromatic rings. The van der Waals surface area contributed by atoms with Gasteiger partial charge in [-0.2, -0.15) is 15.0 Å². The molecule has 0 aliphatic heterocycles. The number of rotatable bonds is 2. The Hall–Kier alpha value is -0.860. The first kappa shape index (κ1) is 8.24. The van der Waals surface area contributed by atoms with Crippen LogP contribution in [0.15, 0.2) is 0 Å². The summed E-state index contributed by atoms with van der Waals surface area (Å²) in [4.78, 5) is 1.80. The Kier molecular flexibility index (Phi) is 2.27. The molecular formula is C8H15N3. The second kappa shape index (κ2) is 3.03. The van der Waals surface area contributed by atoms with Gasteiger partial charge in [0.1, 0.15) is 0 Å². The molecule has 11 heavy (non-hydrogen) atoms. The van der Waals surface area contributed by atoms with Crippen molar-refractivity contribution in [3.8, 4) is 0 Å². The Morgan fingerprint density at radius 3 is 2.09 bits per heavy atom. The van der Waals surface area contributed by atoms with Crippen LogP contribution < -0.4 is 0 Å². The van der Waals surface area contributed by atoms with E-state index in [1.807, 2.05) is 13.8 Å². The zero-order chi connectivity index (χ0) is 8.43. The maximum absolute atomic E-state index is 4.29. The predicted molar refractivity (Wildman–Crippen MR) is 44.5 cm³/mol. The van der Waals surface area contributed by atoms with Crippen LogP contribution in [0.2, 0.25) is 0 Å². The van der Waals surface area contributed by atoms with Gasteiger partial charge in [-0.25, -0.2) is 0 Å². The van der Waals surface area contributed by atoms with Crippen molar-refractivity contribution in [2.45, 2.75) is 40.2 Å². The molecule has 0 amide bonds. The third kappa shape index (κ3) is 1.59. The van der Waals surface area contributed by atoms with E-state index in [-0.39, 0.29) is 0 Å². The minimum absolute atomic E-state index is 0.419. The van der Waals surface area contributed by atoms with E-state index < -0.39 is 0 Å². The average Bonchev–Trinajstić information content (AvgIpc) is 2.31. The predicted octanol–water partition coefficient (Wildman–Crippen LogP) is 1.87. The van der Waals surface area contributed by atoms with Gasteiger partial charge in [-0.15, -0.1) is 0 Å². The summed E-state index contributed by atoms with van der Waals surface area (Å²) in [7, 11) is 0. The highest BCUT2D eigenvalue weighted by Crippen LogP contribution is 2.08. The zero-order valence-corrected chi connectivity index (χ0v) is 7.63. The molecule has 62 valence electrons. The van der Waals surface area contributed by atoms with Gasteiger partial charge in [0.25, 0.3) is 0 Å². The van der Waals surface area contributed by atoms with Crippen LogP contribution in [0.3, 0.4) is 0 Å². The lowest BCUT2D eigenvalue weighted by molar-refractivity contribution is 0.420. The minimum Gasteiger partial charge on any atom is -0.182 e. The summed E-state index contributed by atoms with van der Waals surface area (Å²) in [5.74, 6) is 0. The summed E-state index contributed by atoms with van der Waals surface area (Å²) in [6.45, 7) is 8.24. The first-order valence-corrected chi connectivity index (χ1v) is 4.05. The lowest BCUT2D eigenvalue weighted by atomic mass is 10.3. The summed E-state index contributed by atoms with van der Waals surface area (Å²) >= 11 is 0. The Labute approximate surface area is 67.4 Å². The van der Waals surface area contributed by atoms with Crippen molar-refractivity contribution in [1.29, 1.82) is 0 Å². The maximum atomic E-state index is 4.29. The van der Waals surface area contributed by atoms with Gasteiger partial charge in [-0.3, -0.25) is 0 Å². The molecule has 0 saturated heterocycles. The fourth-order valence-corrected chi connectivity index (χ4v) is 0.835. The van der Waals surface area contributed by atoms with Crippen LogP contribution in [0.5, 0.6) is 0 Å². The van der Waals surface area contributed by atoms with E-state index in [0.29, 0.717) is 6.04 Å². The van der Waals surface area contributed by atoms with Gasteiger partial charge in [0.2, 0.25) is 0 Å². The van der Waals surface area contributed by atoms with Crippen molar-refractivity contribution in [2.75, 3.05) is 0 Å². The van der Waals surface area contributed by atoms with Gasteiger partial charge >= 0.3 is 0 Å². The Balaban J connectivity index is 2.88. The van der Waals surface area contributed by atoms with E-state index in [9.17, 15) is 0 Å². The number of hydrogen-bond donors (Lipinski definition) is 0. The Morgan fingerprint density at radius 2 is 1.73 bits per heavy atom. The number of aromatic nitrogens is 3. The number of nitrogens with zero attached hydrogens (tertiary/aromatic N) is 3. The van der Waals surface area contributed by atoms with Gasteiger partial charge in [-0.1, -0.05) is 6.92 Å². The van der Waals surface area contributed by atoms with Crippen molar-refractivity contribution >= 4 is 0 Å². The highest BCUT2D eigenvalue weighted by atomic mass is 15.5. The molecule has 0 aliphatic carbocycles. The summed E-state index contributed by atoms with van der Waals surface area (Å²) in [6, 6.07) is 0.419. The monoisotopic (exact) mass is 153 g/mol. The first-order chi connectivity index (χ1) is 5.15. The third-order valence-electron chi connectivity index (χ3n) is 2.01. The highest BCUT2D eigenvalue weighted by Gasteiger charge is 2.06. The first-order valence-electron chi connectivity index (χ1n) is 4.05. The molecule has 3 heteroatoms. The van der Waals surface area contributed by atoms with Crippen LogP contribution in [-0.4, -0.2) is 15.0 Å². The van der Waals surface area contributed by atoms with Gasteiger partial charge in [-0.05, 0) is 27.2 Å². The van der Waals surface area contributed by atoms with Crippen molar-refractivity contribution in [3.63, 3.8) is 0 Å². The van der Waals surface area contributed by atoms with Gasteiger partial charge in [0, 0.05) is 0 Å². The van der Waals surface area contributed by atoms with Crippen molar-refractivity contribution in [3.05, 3.63) is 11.4 Å². The summed E-state index contributed by atoms with van der Waals surface area (Å²) in [5, 5.41) is 8.57. The molecule has 0 bridgehead atoms. The van der Waals surface area contributed by atoms with Crippen LogP contribution in [0, 0.1) is 13.8 Å². The van der Waals surface area contributed by atoms with E-state index in [4.69, 9.17) is 0 Å². The average molecular weight is 153 g/mol. The minimum atomic E-state index is 0.419. The molecule has 3 nitrogen and oxygen atoms in total. The maximum Gasteiger partial charge on any atom is 0.0825 e. The SMILES string of the molecule is CCC(C)n1nc(C)c(C)n1. The van der Waals surface area contributed by atoms with Crippen LogP contribution in [0.1, 0.15) is 37.7 Å². The fourth-order valence-electron chi connectivity index (χ4n) is 0.835. The largest absolute Gasteiger partial charge is 0.182 e. The molecule has 1 unspecified atom stereocenters. The van der Waals surface area contributed by atoms with E-state index in [2.05, 4.69) is 24.0 Å². The molecular weight excluding hydrogens is 138 g/mol. The molecule has 1 aromatic heterocycles. The van der Waals surface area contributed by atoms with E-state index in [1.165, 1.54) is 0 Å². The van der Waals surface area contributed by atoms with Crippen LogP contribution in [-0.2, 0) is 0 Å². The van der Waals surface area contributed by atoms with Crippen molar-refractivity contribution in [2.24, 2.45) is 0 Å². The number of aryl methyl sites for hydroxylation is 2. The van der Waals surface area contributed by atoms with Crippen molar-refractivity contribution < 1.29 is 0 Å². The van der Waals surface area contributed by atoms with Gasteiger partial charge in [0.05, 0.1) is 17.4 Å². The van der Waals surface area contributed by atoms with Crippen LogP contribution in [0.25, 0.3) is 0 Å². The lowest BCUT2D eigenvalue weighted by Crippen LogP contribution is -2.07. The quantitative estimate of drug-likeness (QED) is 0.649. The lowest BCUT2D eigenvalue weighted by Gasteiger charge is -2.05. The smallest absolute Gasteiger partial charge is 0.0825 e. The Morgan fingerprint density at radius 1 is 1.27 bits per heavy atom. The molecule has 0 saturated carbocycles. The summed E-state index contributed by atoms with van der Waals surface area (Å²) in [5.41, 5.74) is 2.07. The van der Waals surface area contributed by atoms with Crippen LogP contribution in [0.4, 0.5) is 0 Å². The molecule has 0 fully saturated rings. The fraction of sp³-hybridized carbons (Fsp3) is 0.750. The normalized spacial score (nSPS) is 13.5. The topological polar surface area (TPSA) is 30.7 Å². The second-order valence-electron chi connectivity index (χ2n) is 2.95. The molecule has 1 heterocycles. The second-order valence-corrected chi connectivity index (χ2v) is 2.95. The molecule has 1 atom stereocenters. The molecule has 0 spiro atoms. The zero-order valence-electron chi connectivity index (χ0n) is 7.63. The third-order valence-corrected chi connectivity index (χ3v) is 2.01. The Bertz CT molecular complexity index is 220. The van der Waals surface area contributed by atoms with Gasteiger partial charge in [0.15, 0.2) is 0 Å². The van der Waals surface area contributed by atoms with Gasteiger partial charge < -0.3 is 0 Å². The molecule has 0 radical (unpaired) electrons. The highest BCUT2D eigenvalue weighted by molar-refractivity contribution is 5.02. The molecule has 0 aliphatic rings. The molecule has 0 N–H and O–H groups in total. The van der Waals surface area contributed by atoms with E-state index in [0.717, 1.165) is 17.8 Å².